The Morgan fingerprint density at radius 1 is 1.39 bits per heavy atom. The van der Waals surface area contributed by atoms with E-state index in [0.29, 0.717) is 12.6 Å². The second-order valence-corrected chi connectivity index (χ2v) is 5.14. The molecule has 0 aliphatic carbocycles. The van der Waals surface area contributed by atoms with E-state index in [1.807, 2.05) is 22.8 Å². The number of nitrogens with zero attached hydrogens (tertiary/aromatic N) is 2. The number of ether oxygens (including phenoxy) is 1. The Labute approximate surface area is 115 Å². The molecule has 2 aromatic rings. The molecular formula is C13H18BrN3O. The van der Waals surface area contributed by atoms with Crippen molar-refractivity contribution in [2.24, 2.45) is 0 Å². The zero-order valence-electron chi connectivity index (χ0n) is 10.5. The zero-order valence-corrected chi connectivity index (χ0v) is 12.1. The molecule has 1 aromatic heterocycles. The summed E-state index contributed by atoms with van der Waals surface area (Å²) in [6.45, 7) is 4.39. The Bertz CT molecular complexity index is 524. The maximum absolute atomic E-state index is 5.93. The van der Waals surface area contributed by atoms with Crippen LogP contribution in [0.2, 0.25) is 0 Å². The van der Waals surface area contributed by atoms with Crippen molar-refractivity contribution in [2.45, 2.75) is 26.3 Å². The fourth-order valence-electron chi connectivity index (χ4n) is 1.86. The molecule has 0 radical (unpaired) electrons. The lowest BCUT2D eigenvalue weighted by atomic mass is 10.3. The van der Waals surface area contributed by atoms with E-state index in [0.717, 1.165) is 41.5 Å². The number of hydrogen-bond acceptors (Lipinski definition) is 3. The molecule has 2 rings (SSSR count). The Kier molecular flexibility index (Phi) is 4.60. The minimum absolute atomic E-state index is 0.544. The summed E-state index contributed by atoms with van der Waals surface area (Å²) in [6, 6.07) is 5.99. The standard InChI is InChI=1S/C13H18BrN3O/c1-2-3-7-18-8-6-17-12-5-4-10(14)9-11(12)16-13(17)15/h4-5,9H,2-3,6-8H2,1H3,(H2,15,16). The van der Waals surface area contributed by atoms with E-state index in [1.165, 1.54) is 0 Å². The van der Waals surface area contributed by atoms with E-state index >= 15 is 0 Å². The number of aromatic nitrogens is 2. The van der Waals surface area contributed by atoms with E-state index in [4.69, 9.17) is 10.5 Å². The van der Waals surface area contributed by atoms with Crippen LogP contribution in [-0.4, -0.2) is 22.8 Å². The third-order valence-corrected chi connectivity index (χ3v) is 3.33. The number of nitrogens with two attached hydrogens (primary N) is 1. The lowest BCUT2D eigenvalue weighted by Gasteiger charge is -2.07. The molecule has 4 nitrogen and oxygen atoms in total. The summed E-state index contributed by atoms with van der Waals surface area (Å²) in [5.74, 6) is 0.544. The van der Waals surface area contributed by atoms with Crippen molar-refractivity contribution in [1.29, 1.82) is 0 Å². The maximum Gasteiger partial charge on any atom is 0.201 e. The first kappa shape index (κ1) is 13.4. The van der Waals surface area contributed by atoms with Crippen LogP contribution in [0.1, 0.15) is 19.8 Å². The minimum Gasteiger partial charge on any atom is -0.380 e. The van der Waals surface area contributed by atoms with Crippen LogP contribution < -0.4 is 5.73 Å². The molecule has 98 valence electrons. The molecule has 0 aliphatic rings. The van der Waals surface area contributed by atoms with Crippen molar-refractivity contribution >= 4 is 32.9 Å². The smallest absolute Gasteiger partial charge is 0.201 e. The molecule has 0 amide bonds. The van der Waals surface area contributed by atoms with Crippen LogP contribution in [0.5, 0.6) is 0 Å². The molecule has 0 aliphatic heterocycles. The van der Waals surface area contributed by atoms with Gasteiger partial charge in [0.15, 0.2) is 0 Å². The Hall–Kier alpha value is -1.07. The van der Waals surface area contributed by atoms with Gasteiger partial charge in [-0.15, -0.1) is 0 Å². The number of nitrogen functional groups attached to an aromatic ring is 1. The quantitative estimate of drug-likeness (QED) is 0.833. The molecule has 0 bridgehead atoms. The Morgan fingerprint density at radius 2 is 2.22 bits per heavy atom. The fraction of sp³-hybridized carbons (Fsp3) is 0.462. The number of unbranched alkanes of at least 4 members (excludes halogenated alkanes) is 1. The SMILES string of the molecule is CCCCOCCn1c(N)nc2cc(Br)ccc21. The molecule has 0 saturated heterocycles. The van der Waals surface area contributed by atoms with Gasteiger partial charge in [-0.2, -0.15) is 0 Å². The van der Waals surface area contributed by atoms with Gasteiger partial charge >= 0.3 is 0 Å². The summed E-state index contributed by atoms with van der Waals surface area (Å²) in [6.07, 6.45) is 2.26. The van der Waals surface area contributed by atoms with Gasteiger partial charge < -0.3 is 15.0 Å². The molecule has 0 spiro atoms. The predicted octanol–water partition coefficient (Wildman–Crippen LogP) is 3.20. The molecular weight excluding hydrogens is 294 g/mol. The van der Waals surface area contributed by atoms with Crippen molar-refractivity contribution in [2.75, 3.05) is 18.9 Å². The van der Waals surface area contributed by atoms with Crippen molar-refractivity contribution in [3.63, 3.8) is 0 Å². The molecule has 18 heavy (non-hydrogen) atoms. The molecule has 1 aromatic carbocycles. The van der Waals surface area contributed by atoms with E-state index in [9.17, 15) is 0 Å². The van der Waals surface area contributed by atoms with Crippen LogP contribution in [0.4, 0.5) is 5.95 Å². The first-order valence-electron chi connectivity index (χ1n) is 6.21. The van der Waals surface area contributed by atoms with Crippen molar-refractivity contribution in [1.82, 2.24) is 9.55 Å². The molecule has 0 unspecified atom stereocenters. The highest BCUT2D eigenvalue weighted by Gasteiger charge is 2.07. The second kappa shape index (κ2) is 6.20. The summed E-state index contributed by atoms with van der Waals surface area (Å²) >= 11 is 3.43. The average molecular weight is 312 g/mol. The van der Waals surface area contributed by atoms with E-state index in [1.54, 1.807) is 0 Å². The molecule has 0 saturated carbocycles. The summed E-state index contributed by atoms with van der Waals surface area (Å²) in [5.41, 5.74) is 7.89. The second-order valence-electron chi connectivity index (χ2n) is 4.22. The minimum atomic E-state index is 0.544. The van der Waals surface area contributed by atoms with Gasteiger partial charge in [0.2, 0.25) is 5.95 Å². The number of halogens is 1. The third-order valence-electron chi connectivity index (χ3n) is 2.84. The average Bonchev–Trinajstić information content (AvgIpc) is 2.64. The Morgan fingerprint density at radius 3 is 3.00 bits per heavy atom. The molecule has 5 heteroatoms. The summed E-state index contributed by atoms with van der Waals surface area (Å²) in [5, 5.41) is 0. The van der Waals surface area contributed by atoms with Gasteiger partial charge in [0.05, 0.1) is 17.6 Å². The first-order valence-corrected chi connectivity index (χ1v) is 7.00. The van der Waals surface area contributed by atoms with Crippen LogP contribution in [0.25, 0.3) is 11.0 Å². The monoisotopic (exact) mass is 311 g/mol. The maximum atomic E-state index is 5.93. The van der Waals surface area contributed by atoms with Gasteiger partial charge in [0.25, 0.3) is 0 Å². The molecule has 0 fully saturated rings. The third kappa shape index (κ3) is 3.03. The number of rotatable bonds is 6. The summed E-state index contributed by atoms with van der Waals surface area (Å²) in [4.78, 5) is 4.34. The molecule has 0 atom stereocenters. The summed E-state index contributed by atoms with van der Waals surface area (Å²) in [7, 11) is 0. The highest BCUT2D eigenvalue weighted by molar-refractivity contribution is 9.10. The number of benzene rings is 1. The number of hydrogen-bond donors (Lipinski definition) is 1. The lowest BCUT2D eigenvalue weighted by molar-refractivity contribution is 0.124. The predicted molar refractivity (Wildman–Crippen MR) is 77.6 cm³/mol. The highest BCUT2D eigenvalue weighted by atomic mass is 79.9. The van der Waals surface area contributed by atoms with Gasteiger partial charge in [-0.3, -0.25) is 0 Å². The van der Waals surface area contributed by atoms with Gasteiger partial charge in [0, 0.05) is 17.6 Å². The van der Waals surface area contributed by atoms with Gasteiger partial charge in [-0.25, -0.2) is 4.98 Å². The molecule has 2 N–H and O–H groups in total. The number of anilines is 1. The lowest BCUT2D eigenvalue weighted by Crippen LogP contribution is -2.09. The first-order chi connectivity index (χ1) is 8.72. The number of fused-ring (bicyclic) bond motifs is 1. The number of imidazole rings is 1. The zero-order chi connectivity index (χ0) is 13.0. The van der Waals surface area contributed by atoms with Gasteiger partial charge in [-0.1, -0.05) is 29.3 Å². The van der Waals surface area contributed by atoms with Crippen molar-refractivity contribution < 1.29 is 4.74 Å². The van der Waals surface area contributed by atoms with Crippen molar-refractivity contribution in [3.05, 3.63) is 22.7 Å². The van der Waals surface area contributed by atoms with E-state index < -0.39 is 0 Å². The van der Waals surface area contributed by atoms with Crippen LogP contribution in [0, 0.1) is 0 Å². The molecule has 1 heterocycles. The topological polar surface area (TPSA) is 53.1 Å². The van der Waals surface area contributed by atoms with Gasteiger partial charge in [0.1, 0.15) is 0 Å². The van der Waals surface area contributed by atoms with E-state index in [2.05, 4.69) is 27.8 Å². The largest absolute Gasteiger partial charge is 0.380 e. The fourth-order valence-corrected chi connectivity index (χ4v) is 2.21. The van der Waals surface area contributed by atoms with Crippen LogP contribution in [0.15, 0.2) is 22.7 Å². The summed E-state index contributed by atoms with van der Waals surface area (Å²) < 4.78 is 8.57. The van der Waals surface area contributed by atoms with Crippen LogP contribution >= 0.6 is 15.9 Å². The normalized spacial score (nSPS) is 11.2. The highest BCUT2D eigenvalue weighted by Crippen LogP contribution is 2.21. The van der Waals surface area contributed by atoms with Crippen LogP contribution in [-0.2, 0) is 11.3 Å². The van der Waals surface area contributed by atoms with Crippen LogP contribution in [0.3, 0.4) is 0 Å². The van der Waals surface area contributed by atoms with Crippen molar-refractivity contribution in [3.8, 4) is 0 Å². The Balaban J connectivity index is 2.05. The van der Waals surface area contributed by atoms with Gasteiger partial charge in [-0.05, 0) is 24.6 Å². The van der Waals surface area contributed by atoms with E-state index in [-0.39, 0.29) is 0 Å².